The van der Waals surface area contributed by atoms with Gasteiger partial charge >= 0.3 is 0 Å². The number of thiocarbonyl (C=S) groups is 2. The molecule has 68 valence electrons. The summed E-state index contributed by atoms with van der Waals surface area (Å²) in [6, 6.07) is 0. The Bertz CT molecular complexity index is 700. The summed E-state index contributed by atoms with van der Waals surface area (Å²) in [4.78, 5) is 0. The molecular weight excluding hydrogens is 232 g/mol. The van der Waals surface area contributed by atoms with Crippen LogP contribution in [0.15, 0.2) is 68.8 Å². The van der Waals surface area contributed by atoms with E-state index in [1.807, 2.05) is 0 Å². The van der Waals surface area contributed by atoms with E-state index in [1.54, 1.807) is 0 Å². The lowest BCUT2D eigenvalue weighted by Gasteiger charge is -1.39. The maximum Gasteiger partial charge on any atom is 0.0148 e. The van der Waals surface area contributed by atoms with Crippen molar-refractivity contribution in [2.24, 2.45) is 0 Å². The Morgan fingerprint density at radius 2 is 0.500 bits per heavy atom. The Morgan fingerprint density at radius 3 is 0.688 bits per heavy atom. The van der Waals surface area contributed by atoms with E-state index in [-0.39, 0.29) is 0 Å². The molecule has 2 heteroatoms. The Morgan fingerprint density at radius 1 is 0.312 bits per heavy atom. The SMILES string of the molecule is S=C=C=C=C=C=C=C=C=C=C=C=C=C=C=S. The quantitative estimate of drug-likeness (QED) is 0.465. The molecule has 16 heavy (non-hydrogen) atoms. The van der Waals surface area contributed by atoms with Gasteiger partial charge in [-0.15, -0.1) is 0 Å². The van der Waals surface area contributed by atoms with Gasteiger partial charge in [0.05, 0.1) is 0 Å². The van der Waals surface area contributed by atoms with Gasteiger partial charge in [0.15, 0.2) is 0 Å². The molecule has 0 aliphatic carbocycles. The summed E-state index contributed by atoms with van der Waals surface area (Å²) in [7, 11) is 0. The minimum absolute atomic E-state index is 2.20. The molecular formula is C14S2. The Balaban J connectivity index is 5.66. The molecule has 0 heterocycles. The van der Waals surface area contributed by atoms with Crippen LogP contribution in [-0.2, 0) is 0 Å². The van der Waals surface area contributed by atoms with Crippen LogP contribution < -0.4 is 0 Å². The molecule has 0 saturated carbocycles. The smallest absolute Gasteiger partial charge is 0.0148 e. The van der Waals surface area contributed by atoms with Crippen molar-refractivity contribution in [3.05, 3.63) is 68.8 Å². The molecule has 0 fully saturated rings. The van der Waals surface area contributed by atoms with Crippen molar-refractivity contribution in [1.29, 1.82) is 0 Å². The lowest BCUT2D eigenvalue weighted by Crippen LogP contribution is -1.26. The normalized spacial score (nSPS) is 3.75. The van der Waals surface area contributed by atoms with Gasteiger partial charge in [0.2, 0.25) is 0 Å². The van der Waals surface area contributed by atoms with Crippen LogP contribution in [0.4, 0.5) is 0 Å². The first-order valence-electron chi connectivity index (χ1n) is 3.66. The molecule has 0 nitrogen and oxygen atoms in total. The molecule has 0 atom stereocenters. The van der Waals surface area contributed by atoms with Gasteiger partial charge in [-0.1, -0.05) is 0 Å². The molecule has 0 bridgehead atoms. The molecule has 0 aliphatic heterocycles. The summed E-state index contributed by atoms with van der Waals surface area (Å²) in [5, 5.41) is 4.41. The van der Waals surface area contributed by atoms with Crippen molar-refractivity contribution < 1.29 is 0 Å². The van der Waals surface area contributed by atoms with Crippen LogP contribution in [0.25, 0.3) is 0 Å². The maximum atomic E-state index is 4.34. The predicted octanol–water partition coefficient (Wildman–Crippen LogP) is 2.60. The summed E-state index contributed by atoms with van der Waals surface area (Å²) in [6.45, 7) is 0. The van der Waals surface area contributed by atoms with Gasteiger partial charge in [-0.25, -0.2) is 0 Å². The Kier molecular flexibility index (Phi) is 10.3. The lowest BCUT2D eigenvalue weighted by atomic mass is 10.6. The van der Waals surface area contributed by atoms with E-state index in [0.717, 1.165) is 0 Å². The molecule has 0 radical (unpaired) electrons. The van der Waals surface area contributed by atoms with Crippen LogP contribution in [-0.4, -0.2) is 10.0 Å². The van der Waals surface area contributed by atoms with E-state index in [9.17, 15) is 0 Å². The van der Waals surface area contributed by atoms with Crippen LogP contribution in [0, 0.1) is 0 Å². The first-order chi connectivity index (χ1) is 7.91. The number of hydrogen-bond acceptors (Lipinski definition) is 2. The average Bonchev–Trinajstić information content (AvgIpc) is 2.31. The van der Waals surface area contributed by atoms with Crippen molar-refractivity contribution in [2.45, 2.75) is 0 Å². The third-order valence-electron chi connectivity index (χ3n) is 0.790. The summed E-state index contributed by atoms with van der Waals surface area (Å²) in [5.74, 6) is 0. The molecule has 0 amide bonds. The van der Waals surface area contributed by atoms with Crippen molar-refractivity contribution in [2.75, 3.05) is 0 Å². The van der Waals surface area contributed by atoms with Crippen molar-refractivity contribution in [3.63, 3.8) is 0 Å². The van der Waals surface area contributed by atoms with Crippen molar-refractivity contribution in [1.82, 2.24) is 0 Å². The van der Waals surface area contributed by atoms with Crippen LogP contribution in [0.3, 0.4) is 0 Å². The monoisotopic (exact) mass is 232 g/mol. The first kappa shape index (κ1) is 13.4. The highest BCUT2D eigenvalue weighted by Crippen LogP contribution is 1.55. The summed E-state index contributed by atoms with van der Waals surface area (Å²) < 4.78 is 0. The highest BCUT2D eigenvalue weighted by atomic mass is 32.1. The summed E-state index contributed by atoms with van der Waals surface area (Å²) >= 11 is 8.69. The fraction of sp³-hybridized carbons (Fsp3) is 0. The minimum atomic E-state index is 2.20. The highest BCUT2D eigenvalue weighted by Gasteiger charge is 1.40. The Labute approximate surface area is 103 Å². The second-order valence-electron chi connectivity index (χ2n) is 1.70. The zero-order valence-corrected chi connectivity index (χ0v) is 9.45. The predicted molar refractivity (Wildman–Crippen MR) is 67.4 cm³/mol. The van der Waals surface area contributed by atoms with Crippen LogP contribution in [0.5, 0.6) is 0 Å². The van der Waals surface area contributed by atoms with Gasteiger partial charge in [-0.3, -0.25) is 0 Å². The average molecular weight is 232 g/mol. The van der Waals surface area contributed by atoms with Gasteiger partial charge in [0.25, 0.3) is 0 Å². The maximum absolute atomic E-state index is 4.34. The zero-order chi connectivity index (χ0) is 11.9. The molecule has 0 aliphatic rings. The second-order valence-corrected chi connectivity index (χ2v) is 2.11. The highest BCUT2D eigenvalue weighted by molar-refractivity contribution is 7.78. The minimum Gasteiger partial charge on any atom is -0.0176 e. The van der Waals surface area contributed by atoms with Crippen LogP contribution in [0.1, 0.15) is 0 Å². The Hall–Kier alpha value is -2.64. The van der Waals surface area contributed by atoms with Gasteiger partial charge < -0.3 is 0 Å². The van der Waals surface area contributed by atoms with E-state index < -0.39 is 0 Å². The van der Waals surface area contributed by atoms with Gasteiger partial charge in [0.1, 0.15) is 0 Å². The molecule has 0 saturated heterocycles. The van der Waals surface area contributed by atoms with Gasteiger partial charge in [0, 0.05) is 78.8 Å². The number of hydrogen-bond donors (Lipinski definition) is 0. The van der Waals surface area contributed by atoms with Crippen LogP contribution >= 0.6 is 24.4 Å². The van der Waals surface area contributed by atoms with E-state index >= 15 is 0 Å². The van der Waals surface area contributed by atoms with E-state index in [2.05, 4.69) is 103 Å². The molecule has 0 unspecified atom stereocenters. The standard InChI is InChI=1S/C14S2/c15-13-11-9-7-5-3-1-2-4-6-8-10-12-14-16. The topological polar surface area (TPSA) is 0 Å². The fourth-order valence-electron chi connectivity index (χ4n) is 0.364. The summed E-state index contributed by atoms with van der Waals surface area (Å²) in [6.07, 6.45) is 0. The number of rotatable bonds is 0. The molecule has 0 aromatic rings. The molecule has 0 rings (SSSR count). The van der Waals surface area contributed by atoms with Crippen molar-refractivity contribution >= 4 is 34.5 Å². The molecule has 0 N–H and O–H groups in total. The third kappa shape index (κ3) is 11.4. The lowest BCUT2D eigenvalue weighted by molar-refractivity contribution is 2.14. The fourth-order valence-corrected chi connectivity index (χ4v) is 0.466. The van der Waals surface area contributed by atoms with Crippen LogP contribution in [0.2, 0.25) is 0 Å². The van der Waals surface area contributed by atoms with Crippen molar-refractivity contribution in [3.8, 4) is 0 Å². The van der Waals surface area contributed by atoms with E-state index in [0.29, 0.717) is 0 Å². The second kappa shape index (κ2) is 12.4. The summed E-state index contributed by atoms with van der Waals surface area (Å²) in [5.41, 5.74) is 29.2. The van der Waals surface area contributed by atoms with Gasteiger partial charge in [-0.2, -0.15) is 0 Å². The molecule has 0 aromatic carbocycles. The zero-order valence-electron chi connectivity index (χ0n) is 7.82. The first-order valence-corrected chi connectivity index (χ1v) is 4.47. The van der Waals surface area contributed by atoms with Gasteiger partial charge in [-0.05, 0) is 24.4 Å². The molecule has 0 spiro atoms. The largest absolute Gasteiger partial charge is 0.0176 e. The molecule has 0 aromatic heterocycles. The van der Waals surface area contributed by atoms with E-state index in [1.165, 1.54) is 0 Å². The third-order valence-corrected chi connectivity index (χ3v) is 0.994. The van der Waals surface area contributed by atoms with E-state index in [4.69, 9.17) is 0 Å².